The van der Waals surface area contributed by atoms with Crippen molar-refractivity contribution in [3.8, 4) is 0 Å². The number of carbonyl (C=O) groups excluding carboxylic acids is 5. The minimum absolute atomic E-state index is 1.34. The Bertz CT molecular complexity index is 1340. The first-order chi connectivity index (χ1) is 23.1. The molecule has 12 nitrogen and oxygen atoms in total. The van der Waals surface area contributed by atoms with Crippen molar-refractivity contribution in [3.05, 3.63) is 35.7 Å². The van der Waals surface area contributed by atoms with Gasteiger partial charge in [0.25, 0.3) is 0 Å². The third-order valence-corrected chi connectivity index (χ3v) is 7.76. The van der Waals surface area contributed by atoms with Crippen LogP contribution in [0.25, 0.3) is 0 Å². The van der Waals surface area contributed by atoms with Gasteiger partial charge in [0, 0.05) is 0 Å². The normalized spacial score (nSPS) is 10.8. The molecule has 0 aromatic rings. The molecule has 0 bridgehead atoms. The molecule has 0 saturated carbocycles. The average Bonchev–Trinajstić information content (AvgIpc) is 3.03. The van der Waals surface area contributed by atoms with Gasteiger partial charge >= 0.3 is 232 Å². The van der Waals surface area contributed by atoms with Crippen molar-refractivity contribution < 1.29 is 115 Å². The molecule has 0 radical (unpaired) electrons. The van der Waals surface area contributed by atoms with E-state index < -0.39 is 144 Å². The molecule has 1 N–H and O–H groups in total. The fourth-order valence-corrected chi connectivity index (χ4v) is 4.20. The van der Waals surface area contributed by atoms with E-state index in [-0.39, 0.29) is 0 Å². The molecule has 0 atom stereocenters. The predicted octanol–water partition coefficient (Wildman–Crippen LogP) is 4.33. The van der Waals surface area contributed by atoms with Gasteiger partial charge in [-0.25, -0.2) is 0 Å². The van der Waals surface area contributed by atoms with Crippen LogP contribution in [0.2, 0.25) is 0 Å². The number of carbonyl (C=O) groups is 5. The molecule has 0 aromatic carbocycles. The van der Waals surface area contributed by atoms with Crippen molar-refractivity contribution in [1.29, 1.82) is 0 Å². The zero-order valence-electron chi connectivity index (χ0n) is 23.6. The van der Waals surface area contributed by atoms with Gasteiger partial charge in [0.15, 0.2) is 0 Å². The molecule has 0 unspecified atom stereocenters. The summed E-state index contributed by atoms with van der Waals surface area (Å²) in [6.45, 7) is -19.7. The van der Waals surface area contributed by atoms with E-state index in [1.807, 2.05) is 0 Å². The van der Waals surface area contributed by atoms with Gasteiger partial charge in [0.05, 0.1) is 0 Å². The Kier molecular flexibility index (Phi) is 17.2. The second-order valence-corrected chi connectivity index (χ2v) is 14.1. The van der Waals surface area contributed by atoms with Crippen LogP contribution in [-0.2, 0) is 42.8 Å². The van der Waals surface area contributed by atoms with Crippen molar-refractivity contribution in [1.82, 2.24) is 0 Å². The predicted molar refractivity (Wildman–Crippen MR) is 124 cm³/mol. The van der Waals surface area contributed by atoms with Crippen LogP contribution in [0.4, 0.5) is 66.7 Å². The monoisotopic (exact) mass is 1230 g/mol. The van der Waals surface area contributed by atoms with Crippen molar-refractivity contribution in [2.45, 2.75) is 0 Å². The standard InChI is InChI=1S/C21H17F9O12.2CF2.2Cf/c22-11(14(25)26)17(34)40-6-20(1-31,7-41-18(35)12(23)15(27)28)2-37-3-21(4-38-9-32,5-39-10-33)8-42-19(36)13(24)16(29)30;2*2-1-3;;/h31H,1-8H2;;;;. The zero-order chi connectivity index (χ0) is 38.8. The quantitative estimate of drug-likeness (QED) is 0.0798. The fraction of sp³-hybridized carbons (Fsp3) is 0.435. The molecule has 0 rings (SSSR count). The summed E-state index contributed by atoms with van der Waals surface area (Å²) < 4.78 is 186. The van der Waals surface area contributed by atoms with Gasteiger partial charge < -0.3 is 0 Å². The summed E-state index contributed by atoms with van der Waals surface area (Å²) in [6, 6.07) is 0. The molecule has 292 valence electrons. The number of hydrogen-bond donors (Lipinski definition) is 1. The molecule has 0 amide bonds. The van der Waals surface area contributed by atoms with Crippen LogP contribution < -0.4 is 0 Å². The van der Waals surface area contributed by atoms with Crippen LogP contribution in [0.1, 0.15) is 0 Å². The van der Waals surface area contributed by atoms with E-state index >= 15 is 0 Å². The van der Waals surface area contributed by atoms with Crippen molar-refractivity contribution in [2.75, 3.05) is 52.9 Å². The van der Waals surface area contributed by atoms with Gasteiger partial charge in [-0.15, -0.1) is 0 Å². The number of esters is 3. The van der Waals surface area contributed by atoms with Crippen LogP contribution in [0, 0.1) is 10.8 Å². The molecular weight excluding hydrogens is 1220 g/mol. The molecule has 0 aromatic heterocycles. The summed E-state index contributed by atoms with van der Waals surface area (Å²) in [5.41, 5.74) is -5.15. The van der Waals surface area contributed by atoms with E-state index in [1.54, 1.807) is 0 Å². The Morgan fingerprint density at radius 3 is 1.00 bits per heavy atom. The van der Waals surface area contributed by atoms with E-state index in [0.29, 0.717) is 0 Å². The summed E-state index contributed by atoms with van der Waals surface area (Å²) in [6.07, 6.45) is -9.67. The molecule has 0 heterocycles. The number of halogens is 13. The fourth-order valence-electron chi connectivity index (χ4n) is 2.63. The van der Waals surface area contributed by atoms with E-state index in [4.69, 9.17) is 4.74 Å². The number of hydrogen-bond acceptors (Lipinski definition) is 12. The molecule has 0 aliphatic carbocycles. The summed E-state index contributed by atoms with van der Waals surface area (Å²) >= 11 is 0. The zero-order valence-corrected chi connectivity index (χ0v) is 28.9. The molecule has 0 spiro atoms. The Morgan fingerprint density at radius 1 is 0.440 bits per heavy atom. The Labute approximate surface area is 259 Å². The second-order valence-electron chi connectivity index (χ2n) is 8.64. The summed E-state index contributed by atoms with van der Waals surface area (Å²) in [5.74, 6) is -15.7. The van der Waals surface area contributed by atoms with Crippen LogP contribution in [0.5, 0.6) is 0 Å². The number of aliphatic hydroxyl groups excluding tert-OH is 1. The maximum absolute atomic E-state index is 13.4. The van der Waals surface area contributed by atoms with Crippen molar-refractivity contribution in [3.63, 3.8) is 0 Å². The second kappa shape index (κ2) is 19.9. The molecule has 0 fully saturated rings. The first-order valence-electron chi connectivity index (χ1n) is 11.8. The van der Waals surface area contributed by atoms with Crippen LogP contribution in [0.15, 0.2) is 35.7 Å². The SMILES string of the molecule is O=[C](OCC(COCC(CO)(COC(=O)C(F)=C(F)F)COC(=O)C(F)=C(F)F)(CO[C](=O)[Cf]=[C](F)F)COC(=O)C(F)=C(F)F)[Cf]=[C](F)F. The van der Waals surface area contributed by atoms with Crippen molar-refractivity contribution in [2.24, 2.45) is 10.8 Å². The first-order valence-corrected chi connectivity index (χ1v) is 17.1. The van der Waals surface area contributed by atoms with Gasteiger partial charge in [0.2, 0.25) is 0 Å². The van der Waals surface area contributed by atoms with Crippen LogP contribution in [-0.4, -0.2) is 103 Å². The Morgan fingerprint density at radius 2 is 0.720 bits per heavy atom. The molecular formula is C23H17Cf2F13O12. The summed E-state index contributed by atoms with van der Waals surface area (Å²) in [5, 5.41) is 9.90. The van der Waals surface area contributed by atoms with Crippen LogP contribution in [0.3, 0.4) is 0 Å². The number of ether oxygens (including phenoxy) is 6. The molecule has 0 saturated heterocycles. The Hall–Kier alpha value is -6.68. The van der Waals surface area contributed by atoms with Gasteiger partial charge in [-0.05, 0) is 0 Å². The molecule has 0 aliphatic heterocycles. The third-order valence-electron chi connectivity index (χ3n) is 4.93. The van der Waals surface area contributed by atoms with Gasteiger partial charge in [-0.2, -0.15) is 26.3 Å². The topological polar surface area (TPSA) is 161 Å². The van der Waals surface area contributed by atoms with Gasteiger partial charge in [0.1, 0.15) is 0 Å². The number of rotatable bonds is 20. The van der Waals surface area contributed by atoms with Crippen molar-refractivity contribution >= 4 is 44.7 Å². The summed E-state index contributed by atoms with van der Waals surface area (Å²) in [7, 11) is 0. The van der Waals surface area contributed by atoms with E-state index in [0.717, 1.165) is 0 Å². The third kappa shape index (κ3) is 15.3. The van der Waals surface area contributed by atoms with Crippen LogP contribution >= 0.6 is 0 Å². The molecule has 50 heavy (non-hydrogen) atoms. The average molecular weight is 1230 g/mol. The summed E-state index contributed by atoms with van der Waals surface area (Å²) in [4.78, 5) is 58.4. The molecule has 27 heteroatoms. The molecule has 0 aliphatic rings. The van der Waals surface area contributed by atoms with E-state index in [1.165, 1.54) is 0 Å². The van der Waals surface area contributed by atoms with E-state index in [9.17, 15) is 86.2 Å². The van der Waals surface area contributed by atoms with E-state index in [2.05, 4.69) is 23.7 Å². The van der Waals surface area contributed by atoms with Gasteiger partial charge in [-0.3, -0.25) is 0 Å². The van der Waals surface area contributed by atoms with Gasteiger partial charge in [-0.1, -0.05) is 0 Å². The first kappa shape index (κ1) is 43.3. The maximum atomic E-state index is 13.4. The number of aliphatic hydroxyl groups is 1. The minimum atomic E-state index is -3.23. The Balaban J connectivity index is 6.74.